The van der Waals surface area contributed by atoms with Crippen LogP contribution in [0.25, 0.3) is 11.8 Å². The molecule has 1 fully saturated rings. The second kappa shape index (κ2) is 6.29. The van der Waals surface area contributed by atoms with E-state index in [1.807, 2.05) is 6.07 Å². The molecule has 1 aliphatic rings. The SMILES string of the molecule is C=Cc1cc(C(F)(F)F)cc(Cl)c1-n1nc(C#N)c(C2CC2(Br)Br)c1N. The van der Waals surface area contributed by atoms with Crippen molar-refractivity contribution in [1.82, 2.24) is 9.78 Å². The van der Waals surface area contributed by atoms with Crippen molar-refractivity contribution in [3.8, 4) is 11.8 Å². The van der Waals surface area contributed by atoms with Crippen molar-refractivity contribution in [1.29, 1.82) is 5.26 Å². The van der Waals surface area contributed by atoms with E-state index in [-0.39, 0.29) is 36.9 Å². The van der Waals surface area contributed by atoms with E-state index in [9.17, 15) is 18.4 Å². The number of nitrogen functional groups attached to an aromatic ring is 1. The maximum atomic E-state index is 13.0. The van der Waals surface area contributed by atoms with Gasteiger partial charge in [-0.15, -0.1) is 0 Å². The molecular weight excluding hydrogens is 500 g/mol. The number of nitrogens with zero attached hydrogens (tertiary/aromatic N) is 3. The number of nitriles is 1. The Morgan fingerprint density at radius 2 is 2.08 bits per heavy atom. The lowest BCUT2D eigenvalue weighted by molar-refractivity contribution is -0.137. The molecule has 3 rings (SSSR count). The summed E-state index contributed by atoms with van der Waals surface area (Å²) in [6, 6.07) is 3.69. The molecule has 1 aromatic heterocycles. The summed E-state index contributed by atoms with van der Waals surface area (Å²) < 4.78 is 39.9. The van der Waals surface area contributed by atoms with Crippen molar-refractivity contribution in [3.63, 3.8) is 0 Å². The second-order valence-electron chi connectivity index (χ2n) is 5.79. The molecule has 2 aromatic rings. The molecule has 0 spiro atoms. The lowest BCUT2D eigenvalue weighted by Gasteiger charge is -2.15. The Hall–Kier alpha value is -1.50. The normalized spacial score (nSPS) is 18.4. The Labute approximate surface area is 168 Å². The highest BCUT2D eigenvalue weighted by Crippen LogP contribution is 2.63. The number of nitrogens with two attached hydrogens (primary N) is 1. The Kier molecular flexibility index (Phi) is 4.66. The first-order valence-electron chi connectivity index (χ1n) is 7.21. The molecule has 1 saturated carbocycles. The molecule has 1 aromatic carbocycles. The Balaban J connectivity index is 2.22. The molecule has 0 bridgehead atoms. The van der Waals surface area contributed by atoms with E-state index in [4.69, 9.17) is 17.3 Å². The number of rotatable bonds is 3. The number of hydrogen-bond donors (Lipinski definition) is 1. The van der Waals surface area contributed by atoms with E-state index in [0.29, 0.717) is 12.0 Å². The zero-order valence-corrected chi connectivity index (χ0v) is 16.8. The first kappa shape index (κ1) is 19.3. The zero-order chi connectivity index (χ0) is 19.4. The molecule has 0 aliphatic heterocycles. The van der Waals surface area contributed by atoms with Crippen molar-refractivity contribution < 1.29 is 13.2 Å². The van der Waals surface area contributed by atoms with Crippen LogP contribution < -0.4 is 5.73 Å². The van der Waals surface area contributed by atoms with Gasteiger partial charge in [0, 0.05) is 17.0 Å². The van der Waals surface area contributed by atoms with Crippen LogP contribution in [-0.2, 0) is 6.18 Å². The van der Waals surface area contributed by atoms with Gasteiger partial charge in [-0.25, -0.2) is 4.68 Å². The number of alkyl halides is 5. The minimum Gasteiger partial charge on any atom is -0.383 e. The van der Waals surface area contributed by atoms with Crippen LogP contribution in [0.4, 0.5) is 19.0 Å². The minimum atomic E-state index is -4.56. The molecule has 1 unspecified atom stereocenters. The van der Waals surface area contributed by atoms with Gasteiger partial charge in [-0.05, 0) is 18.6 Å². The third kappa shape index (κ3) is 3.15. The van der Waals surface area contributed by atoms with Crippen LogP contribution in [0.2, 0.25) is 5.02 Å². The summed E-state index contributed by atoms with van der Waals surface area (Å²) >= 11 is 13.1. The molecule has 10 heteroatoms. The topological polar surface area (TPSA) is 67.6 Å². The zero-order valence-electron chi connectivity index (χ0n) is 12.9. The summed E-state index contributed by atoms with van der Waals surface area (Å²) in [5.74, 6) is 0.0587. The molecular formula is C16H10Br2ClF3N4. The van der Waals surface area contributed by atoms with E-state index in [2.05, 4.69) is 43.5 Å². The number of halogens is 6. The first-order valence-corrected chi connectivity index (χ1v) is 9.17. The van der Waals surface area contributed by atoms with E-state index < -0.39 is 11.7 Å². The van der Waals surface area contributed by atoms with Crippen LogP contribution in [-0.4, -0.2) is 13.0 Å². The number of benzene rings is 1. The summed E-state index contributed by atoms with van der Waals surface area (Å²) in [6.07, 6.45) is -2.63. The molecule has 0 radical (unpaired) electrons. The lowest BCUT2D eigenvalue weighted by Crippen LogP contribution is -2.10. The van der Waals surface area contributed by atoms with Crippen LogP contribution in [0.5, 0.6) is 0 Å². The molecule has 1 heterocycles. The third-order valence-corrected chi connectivity index (χ3v) is 6.13. The fourth-order valence-corrected chi connectivity index (χ4v) is 4.14. The summed E-state index contributed by atoms with van der Waals surface area (Å²) in [5.41, 5.74) is 6.14. The summed E-state index contributed by atoms with van der Waals surface area (Å²) in [5, 5.41) is 13.3. The first-order chi connectivity index (χ1) is 12.0. The van der Waals surface area contributed by atoms with Crippen LogP contribution in [0.1, 0.15) is 34.7 Å². The fraction of sp³-hybridized carbons (Fsp3) is 0.250. The van der Waals surface area contributed by atoms with E-state index in [1.165, 1.54) is 10.8 Å². The van der Waals surface area contributed by atoms with Gasteiger partial charge in [0.1, 0.15) is 11.9 Å². The van der Waals surface area contributed by atoms with Gasteiger partial charge in [0.25, 0.3) is 0 Å². The highest BCUT2D eigenvalue weighted by molar-refractivity contribution is 9.25. The molecule has 4 nitrogen and oxygen atoms in total. The number of hydrogen-bond acceptors (Lipinski definition) is 3. The van der Waals surface area contributed by atoms with E-state index in [0.717, 1.165) is 12.1 Å². The van der Waals surface area contributed by atoms with Gasteiger partial charge in [0.05, 0.1) is 19.5 Å². The smallest absolute Gasteiger partial charge is 0.383 e. The quantitative estimate of drug-likeness (QED) is 0.546. The standard InChI is InChI=1S/C16H10Br2ClF3N4/c1-2-7-3-8(16(20,21)22)4-10(19)13(7)26-14(24)12(11(6-23)25-26)9-5-15(9,17)18/h2-4,9H,1,5,24H2. The maximum Gasteiger partial charge on any atom is 0.416 e. The van der Waals surface area contributed by atoms with Crippen LogP contribution in [0.3, 0.4) is 0 Å². The third-order valence-electron chi connectivity index (χ3n) is 4.09. The van der Waals surface area contributed by atoms with Crippen LogP contribution in [0.15, 0.2) is 18.7 Å². The Bertz CT molecular complexity index is 960. The lowest BCUT2D eigenvalue weighted by atomic mass is 10.1. The average Bonchev–Trinajstić information content (AvgIpc) is 3.04. The molecule has 26 heavy (non-hydrogen) atoms. The van der Waals surface area contributed by atoms with Gasteiger partial charge in [-0.3, -0.25) is 0 Å². The highest BCUT2D eigenvalue weighted by atomic mass is 79.9. The number of anilines is 1. The van der Waals surface area contributed by atoms with E-state index >= 15 is 0 Å². The largest absolute Gasteiger partial charge is 0.416 e. The van der Waals surface area contributed by atoms with Gasteiger partial charge in [-0.2, -0.15) is 23.5 Å². The predicted octanol–water partition coefficient (Wildman–Crippen LogP) is 5.61. The molecule has 0 amide bonds. The highest BCUT2D eigenvalue weighted by Gasteiger charge is 2.54. The average molecular weight is 511 g/mol. The molecule has 1 atom stereocenters. The van der Waals surface area contributed by atoms with Crippen molar-refractivity contribution >= 4 is 55.4 Å². The summed E-state index contributed by atoms with van der Waals surface area (Å²) in [7, 11) is 0. The maximum absolute atomic E-state index is 13.0. The van der Waals surface area contributed by atoms with E-state index in [1.54, 1.807) is 0 Å². The number of aromatic nitrogens is 2. The molecule has 1 aliphatic carbocycles. The predicted molar refractivity (Wildman–Crippen MR) is 101 cm³/mol. The molecule has 0 saturated heterocycles. The molecule has 2 N–H and O–H groups in total. The molecule has 136 valence electrons. The van der Waals surface area contributed by atoms with Crippen molar-refractivity contribution in [2.75, 3.05) is 5.73 Å². The fourth-order valence-electron chi connectivity index (χ4n) is 2.73. The van der Waals surface area contributed by atoms with Gasteiger partial charge >= 0.3 is 6.18 Å². The van der Waals surface area contributed by atoms with Gasteiger partial charge in [0.2, 0.25) is 0 Å². The van der Waals surface area contributed by atoms with Crippen LogP contribution >= 0.6 is 43.5 Å². The van der Waals surface area contributed by atoms with Crippen molar-refractivity contribution in [2.24, 2.45) is 0 Å². The Morgan fingerprint density at radius 3 is 2.54 bits per heavy atom. The van der Waals surface area contributed by atoms with Crippen molar-refractivity contribution in [2.45, 2.75) is 21.7 Å². The monoisotopic (exact) mass is 508 g/mol. The Morgan fingerprint density at radius 1 is 1.46 bits per heavy atom. The second-order valence-corrected chi connectivity index (χ2v) is 10.1. The van der Waals surface area contributed by atoms with Crippen LogP contribution in [0, 0.1) is 11.3 Å². The van der Waals surface area contributed by atoms with Crippen molar-refractivity contribution in [3.05, 3.63) is 46.1 Å². The van der Waals surface area contributed by atoms with Gasteiger partial charge in [0.15, 0.2) is 5.69 Å². The minimum absolute atomic E-state index is 0.0914. The summed E-state index contributed by atoms with van der Waals surface area (Å²) in [4.78, 5) is 0. The van der Waals surface area contributed by atoms with Gasteiger partial charge < -0.3 is 5.73 Å². The van der Waals surface area contributed by atoms with Gasteiger partial charge in [-0.1, -0.05) is 56.1 Å². The summed E-state index contributed by atoms with van der Waals surface area (Å²) in [6.45, 7) is 3.54.